The van der Waals surface area contributed by atoms with Crippen LogP contribution < -0.4 is 9.47 Å². The number of hydrogen-bond donors (Lipinski definition) is 0. The molecule has 1 heterocycles. The lowest BCUT2D eigenvalue weighted by Crippen LogP contribution is -2.51. The van der Waals surface area contributed by atoms with Crippen LogP contribution in [0.25, 0.3) is 0 Å². The molecular formula is C22H26N2O4. The fraction of sp³-hybridized carbons (Fsp3) is 0.364. The SMILES string of the molecule is CCc1ccccc1OCC(=O)N1CCN(C(=O)c2ccccc2OC)CC1. The Balaban J connectivity index is 1.53. The average Bonchev–Trinajstić information content (AvgIpc) is 2.77. The Morgan fingerprint density at radius 1 is 0.893 bits per heavy atom. The van der Waals surface area contributed by atoms with Gasteiger partial charge in [0.1, 0.15) is 11.5 Å². The standard InChI is InChI=1S/C22H26N2O4/c1-3-17-8-4-6-10-19(17)28-16-21(25)23-12-14-24(15-13-23)22(26)18-9-5-7-11-20(18)27-2/h4-11H,3,12-16H2,1-2H3. The van der Waals surface area contributed by atoms with Gasteiger partial charge in [0.15, 0.2) is 6.61 Å². The van der Waals surface area contributed by atoms with Crippen LogP contribution in [0.4, 0.5) is 0 Å². The first-order valence-corrected chi connectivity index (χ1v) is 9.54. The molecule has 0 saturated carbocycles. The van der Waals surface area contributed by atoms with Crippen molar-refractivity contribution in [1.82, 2.24) is 9.80 Å². The van der Waals surface area contributed by atoms with Crippen LogP contribution in [0.2, 0.25) is 0 Å². The van der Waals surface area contributed by atoms with Crippen LogP contribution in [-0.4, -0.2) is 61.5 Å². The minimum absolute atomic E-state index is 0.0114. The van der Waals surface area contributed by atoms with Crippen molar-refractivity contribution >= 4 is 11.8 Å². The van der Waals surface area contributed by atoms with Crippen molar-refractivity contribution < 1.29 is 19.1 Å². The van der Waals surface area contributed by atoms with Gasteiger partial charge in [-0.3, -0.25) is 9.59 Å². The van der Waals surface area contributed by atoms with Crippen LogP contribution >= 0.6 is 0 Å². The molecular weight excluding hydrogens is 356 g/mol. The zero-order chi connectivity index (χ0) is 19.9. The maximum atomic E-state index is 12.8. The number of para-hydroxylation sites is 2. The number of aryl methyl sites for hydroxylation is 1. The van der Waals surface area contributed by atoms with Gasteiger partial charge in [0.25, 0.3) is 11.8 Å². The van der Waals surface area contributed by atoms with E-state index in [1.54, 1.807) is 29.0 Å². The Labute approximate surface area is 165 Å². The van der Waals surface area contributed by atoms with Gasteiger partial charge in [-0.1, -0.05) is 37.3 Å². The van der Waals surface area contributed by atoms with Crippen LogP contribution in [0.5, 0.6) is 11.5 Å². The molecule has 2 aromatic rings. The van der Waals surface area contributed by atoms with Crippen LogP contribution in [0.15, 0.2) is 48.5 Å². The Bertz CT molecular complexity index is 829. The summed E-state index contributed by atoms with van der Waals surface area (Å²) in [5.74, 6) is 1.19. The molecule has 0 unspecified atom stereocenters. The summed E-state index contributed by atoms with van der Waals surface area (Å²) >= 11 is 0. The number of hydrogen-bond acceptors (Lipinski definition) is 4. The van der Waals surface area contributed by atoms with E-state index in [9.17, 15) is 9.59 Å². The number of carbonyl (C=O) groups excluding carboxylic acids is 2. The first-order valence-electron chi connectivity index (χ1n) is 9.54. The van der Waals surface area contributed by atoms with Gasteiger partial charge in [0.05, 0.1) is 12.7 Å². The number of piperazine rings is 1. The van der Waals surface area contributed by atoms with Crippen LogP contribution in [-0.2, 0) is 11.2 Å². The fourth-order valence-electron chi connectivity index (χ4n) is 3.32. The van der Waals surface area contributed by atoms with E-state index in [0.29, 0.717) is 37.5 Å². The molecule has 6 nitrogen and oxygen atoms in total. The molecule has 0 aromatic heterocycles. The Kier molecular flexibility index (Phi) is 6.53. The lowest BCUT2D eigenvalue weighted by atomic mass is 10.1. The summed E-state index contributed by atoms with van der Waals surface area (Å²) in [6, 6.07) is 14.9. The minimum atomic E-state index is -0.0716. The maximum absolute atomic E-state index is 12.8. The number of methoxy groups -OCH3 is 1. The molecule has 1 fully saturated rings. The van der Waals surface area contributed by atoms with Crippen molar-refractivity contribution in [3.8, 4) is 11.5 Å². The normalized spacial score (nSPS) is 13.9. The van der Waals surface area contributed by atoms with Crippen molar-refractivity contribution in [2.75, 3.05) is 39.9 Å². The molecule has 0 aliphatic carbocycles. The van der Waals surface area contributed by atoms with E-state index in [-0.39, 0.29) is 18.4 Å². The smallest absolute Gasteiger partial charge is 0.260 e. The molecule has 0 atom stereocenters. The zero-order valence-corrected chi connectivity index (χ0v) is 16.4. The van der Waals surface area contributed by atoms with E-state index in [0.717, 1.165) is 17.7 Å². The van der Waals surface area contributed by atoms with Gasteiger partial charge >= 0.3 is 0 Å². The lowest BCUT2D eigenvalue weighted by Gasteiger charge is -2.35. The third-order valence-electron chi connectivity index (χ3n) is 4.96. The number of rotatable bonds is 6. The second-order valence-corrected chi connectivity index (χ2v) is 6.62. The van der Waals surface area contributed by atoms with Crippen molar-refractivity contribution in [2.45, 2.75) is 13.3 Å². The average molecular weight is 382 g/mol. The summed E-state index contributed by atoms with van der Waals surface area (Å²) in [5, 5.41) is 0. The van der Waals surface area contributed by atoms with E-state index in [2.05, 4.69) is 6.92 Å². The summed E-state index contributed by atoms with van der Waals surface area (Å²) in [7, 11) is 1.55. The fourth-order valence-corrected chi connectivity index (χ4v) is 3.32. The van der Waals surface area contributed by atoms with Gasteiger partial charge in [0.2, 0.25) is 0 Å². The summed E-state index contributed by atoms with van der Waals surface area (Å²) in [5.41, 5.74) is 1.63. The Hall–Kier alpha value is -3.02. The van der Waals surface area contributed by atoms with Gasteiger partial charge in [-0.05, 0) is 30.2 Å². The molecule has 2 aromatic carbocycles. The van der Waals surface area contributed by atoms with Gasteiger partial charge in [-0.2, -0.15) is 0 Å². The predicted octanol–water partition coefficient (Wildman–Crippen LogP) is 2.62. The summed E-state index contributed by atoms with van der Waals surface area (Å²) in [6.45, 7) is 4.05. The van der Waals surface area contributed by atoms with Gasteiger partial charge < -0.3 is 19.3 Å². The molecule has 0 spiro atoms. The van der Waals surface area contributed by atoms with Crippen molar-refractivity contribution in [1.29, 1.82) is 0 Å². The maximum Gasteiger partial charge on any atom is 0.260 e. The van der Waals surface area contributed by atoms with E-state index in [1.165, 1.54) is 0 Å². The molecule has 1 aliphatic rings. The largest absolute Gasteiger partial charge is 0.496 e. The van der Waals surface area contributed by atoms with E-state index < -0.39 is 0 Å². The molecule has 2 amide bonds. The first-order chi connectivity index (χ1) is 13.6. The highest BCUT2D eigenvalue weighted by Gasteiger charge is 2.26. The van der Waals surface area contributed by atoms with Gasteiger partial charge in [-0.15, -0.1) is 0 Å². The molecule has 1 aliphatic heterocycles. The van der Waals surface area contributed by atoms with E-state index in [4.69, 9.17) is 9.47 Å². The van der Waals surface area contributed by atoms with Crippen molar-refractivity contribution in [3.63, 3.8) is 0 Å². The van der Waals surface area contributed by atoms with Crippen LogP contribution in [0.3, 0.4) is 0 Å². The van der Waals surface area contributed by atoms with Crippen molar-refractivity contribution in [2.24, 2.45) is 0 Å². The second-order valence-electron chi connectivity index (χ2n) is 6.62. The highest BCUT2D eigenvalue weighted by molar-refractivity contribution is 5.97. The van der Waals surface area contributed by atoms with Crippen LogP contribution in [0.1, 0.15) is 22.8 Å². The third-order valence-corrected chi connectivity index (χ3v) is 4.96. The molecule has 3 rings (SSSR count). The number of carbonyl (C=O) groups is 2. The van der Waals surface area contributed by atoms with E-state index >= 15 is 0 Å². The van der Waals surface area contributed by atoms with Crippen LogP contribution in [0, 0.1) is 0 Å². The van der Waals surface area contributed by atoms with Gasteiger partial charge in [0, 0.05) is 26.2 Å². The molecule has 6 heteroatoms. The molecule has 28 heavy (non-hydrogen) atoms. The topological polar surface area (TPSA) is 59.1 Å². The number of benzene rings is 2. The summed E-state index contributed by atoms with van der Waals surface area (Å²) in [6.07, 6.45) is 0.855. The van der Waals surface area contributed by atoms with Crippen molar-refractivity contribution in [3.05, 3.63) is 59.7 Å². The number of nitrogens with zero attached hydrogens (tertiary/aromatic N) is 2. The molecule has 148 valence electrons. The predicted molar refractivity (Wildman–Crippen MR) is 107 cm³/mol. The summed E-state index contributed by atoms with van der Waals surface area (Å²) in [4.78, 5) is 28.8. The molecule has 0 N–H and O–H groups in total. The highest BCUT2D eigenvalue weighted by atomic mass is 16.5. The zero-order valence-electron chi connectivity index (χ0n) is 16.4. The monoisotopic (exact) mass is 382 g/mol. The minimum Gasteiger partial charge on any atom is -0.496 e. The summed E-state index contributed by atoms with van der Waals surface area (Å²) < 4.78 is 11.0. The number of amides is 2. The Morgan fingerprint density at radius 3 is 2.18 bits per heavy atom. The molecule has 1 saturated heterocycles. The second kappa shape index (κ2) is 9.26. The highest BCUT2D eigenvalue weighted by Crippen LogP contribution is 2.21. The first kappa shape index (κ1) is 19.7. The number of ether oxygens (including phenoxy) is 2. The quantitative estimate of drug-likeness (QED) is 0.771. The lowest BCUT2D eigenvalue weighted by molar-refractivity contribution is -0.134. The Morgan fingerprint density at radius 2 is 1.50 bits per heavy atom. The molecule has 0 bridgehead atoms. The van der Waals surface area contributed by atoms with Gasteiger partial charge in [-0.25, -0.2) is 0 Å². The molecule has 0 radical (unpaired) electrons. The third kappa shape index (κ3) is 4.44. The van der Waals surface area contributed by atoms with E-state index in [1.807, 2.05) is 36.4 Å².